The number of rotatable bonds is 8. The lowest BCUT2D eigenvalue weighted by Crippen LogP contribution is -2.38. The zero-order valence-corrected chi connectivity index (χ0v) is 15.3. The standard InChI is InChI=1S/C18H26N2O5/c1-13(18(22)23-4)11-20(9-5-8-19(2)3)17(21)14-6-7-15-16(10-14)25-12-24-15/h6-7,10,13H,5,8-9,11-12H2,1-4H3. The van der Waals surface area contributed by atoms with E-state index in [0.29, 0.717) is 30.2 Å². The van der Waals surface area contributed by atoms with Crippen molar-refractivity contribution in [3.8, 4) is 11.5 Å². The number of fused-ring (bicyclic) bond motifs is 1. The molecule has 138 valence electrons. The highest BCUT2D eigenvalue weighted by Gasteiger charge is 2.24. The Morgan fingerprint density at radius 2 is 1.92 bits per heavy atom. The second kappa shape index (κ2) is 8.71. The van der Waals surface area contributed by atoms with E-state index in [9.17, 15) is 9.59 Å². The number of methoxy groups -OCH3 is 1. The molecule has 25 heavy (non-hydrogen) atoms. The fraction of sp³-hybridized carbons (Fsp3) is 0.556. The number of amides is 1. The largest absolute Gasteiger partial charge is 0.469 e. The molecule has 1 aromatic rings. The van der Waals surface area contributed by atoms with Crippen LogP contribution in [-0.2, 0) is 9.53 Å². The molecule has 0 saturated carbocycles. The van der Waals surface area contributed by atoms with Crippen molar-refractivity contribution in [2.75, 3.05) is 47.6 Å². The minimum atomic E-state index is -0.387. The highest BCUT2D eigenvalue weighted by Crippen LogP contribution is 2.32. The lowest BCUT2D eigenvalue weighted by atomic mass is 10.1. The monoisotopic (exact) mass is 350 g/mol. The summed E-state index contributed by atoms with van der Waals surface area (Å²) in [6.07, 6.45) is 0.817. The molecule has 0 spiro atoms. The summed E-state index contributed by atoms with van der Waals surface area (Å²) in [4.78, 5) is 28.4. The Balaban J connectivity index is 2.11. The van der Waals surface area contributed by atoms with E-state index in [1.807, 2.05) is 14.1 Å². The highest BCUT2D eigenvalue weighted by atomic mass is 16.7. The molecular weight excluding hydrogens is 324 g/mol. The maximum atomic E-state index is 12.9. The van der Waals surface area contributed by atoms with Crippen molar-refractivity contribution in [2.45, 2.75) is 13.3 Å². The van der Waals surface area contributed by atoms with Crippen LogP contribution in [0, 0.1) is 5.92 Å². The van der Waals surface area contributed by atoms with Gasteiger partial charge in [-0.15, -0.1) is 0 Å². The first-order valence-electron chi connectivity index (χ1n) is 8.34. The number of esters is 1. The molecule has 0 saturated heterocycles. The Morgan fingerprint density at radius 3 is 2.60 bits per heavy atom. The number of nitrogens with zero attached hydrogens (tertiary/aromatic N) is 2. The first-order chi connectivity index (χ1) is 11.9. The van der Waals surface area contributed by atoms with E-state index in [1.165, 1.54) is 7.11 Å². The van der Waals surface area contributed by atoms with Crippen molar-refractivity contribution in [2.24, 2.45) is 5.92 Å². The zero-order chi connectivity index (χ0) is 18.4. The van der Waals surface area contributed by atoms with Crippen LogP contribution in [0.1, 0.15) is 23.7 Å². The summed E-state index contributed by atoms with van der Waals surface area (Å²) in [6, 6.07) is 5.14. The topological polar surface area (TPSA) is 68.3 Å². The van der Waals surface area contributed by atoms with E-state index >= 15 is 0 Å². The molecule has 7 nitrogen and oxygen atoms in total. The average Bonchev–Trinajstić information content (AvgIpc) is 3.06. The maximum absolute atomic E-state index is 12.9. The van der Waals surface area contributed by atoms with Crippen LogP contribution in [0.15, 0.2) is 18.2 Å². The summed E-state index contributed by atoms with van der Waals surface area (Å²) in [7, 11) is 5.33. The smallest absolute Gasteiger partial charge is 0.310 e. The second-order valence-corrected chi connectivity index (χ2v) is 6.40. The van der Waals surface area contributed by atoms with Gasteiger partial charge in [0.05, 0.1) is 13.0 Å². The number of hydrogen-bond donors (Lipinski definition) is 0. The number of carbonyl (C=O) groups excluding carboxylic acids is 2. The van der Waals surface area contributed by atoms with E-state index in [-0.39, 0.29) is 24.6 Å². The summed E-state index contributed by atoms with van der Waals surface area (Å²) in [5.74, 6) is 0.366. The Hall–Kier alpha value is -2.28. The molecule has 1 aliphatic rings. The van der Waals surface area contributed by atoms with Gasteiger partial charge in [0.25, 0.3) is 5.91 Å². The van der Waals surface area contributed by atoms with Gasteiger partial charge in [0, 0.05) is 18.7 Å². The van der Waals surface area contributed by atoms with Gasteiger partial charge >= 0.3 is 5.97 Å². The second-order valence-electron chi connectivity index (χ2n) is 6.40. The lowest BCUT2D eigenvalue weighted by Gasteiger charge is -2.26. The molecule has 1 aliphatic heterocycles. The molecule has 0 bridgehead atoms. The quantitative estimate of drug-likeness (QED) is 0.664. The van der Waals surface area contributed by atoms with Gasteiger partial charge in [-0.1, -0.05) is 6.92 Å². The molecule has 1 heterocycles. The normalized spacial score (nSPS) is 13.6. The van der Waals surface area contributed by atoms with Crippen LogP contribution < -0.4 is 9.47 Å². The van der Waals surface area contributed by atoms with Crippen LogP contribution in [0.5, 0.6) is 11.5 Å². The molecule has 0 radical (unpaired) electrons. The number of ether oxygens (including phenoxy) is 3. The van der Waals surface area contributed by atoms with Crippen molar-refractivity contribution in [3.05, 3.63) is 23.8 Å². The first-order valence-corrected chi connectivity index (χ1v) is 8.34. The first kappa shape index (κ1) is 19.1. The molecule has 0 aliphatic carbocycles. The van der Waals surface area contributed by atoms with E-state index in [4.69, 9.17) is 14.2 Å². The van der Waals surface area contributed by atoms with E-state index in [1.54, 1.807) is 30.0 Å². The van der Waals surface area contributed by atoms with E-state index in [0.717, 1.165) is 13.0 Å². The summed E-state index contributed by atoms with van der Waals surface area (Å²) in [5.41, 5.74) is 0.520. The van der Waals surface area contributed by atoms with Crippen molar-refractivity contribution in [1.82, 2.24) is 9.80 Å². The Bertz CT molecular complexity index is 617. The van der Waals surface area contributed by atoms with Gasteiger partial charge in [0.15, 0.2) is 11.5 Å². The molecule has 0 aromatic heterocycles. The van der Waals surface area contributed by atoms with Gasteiger partial charge in [-0.3, -0.25) is 9.59 Å². The van der Waals surface area contributed by atoms with Crippen molar-refractivity contribution < 1.29 is 23.8 Å². The van der Waals surface area contributed by atoms with Crippen LogP contribution in [-0.4, -0.2) is 69.3 Å². The number of carbonyl (C=O) groups is 2. The van der Waals surface area contributed by atoms with Crippen LogP contribution in [0.2, 0.25) is 0 Å². The van der Waals surface area contributed by atoms with Crippen molar-refractivity contribution in [3.63, 3.8) is 0 Å². The molecule has 1 amide bonds. The van der Waals surface area contributed by atoms with E-state index in [2.05, 4.69) is 4.90 Å². The summed E-state index contributed by atoms with van der Waals surface area (Å²) in [5, 5.41) is 0. The van der Waals surface area contributed by atoms with Gasteiger partial charge in [-0.05, 0) is 45.3 Å². The molecule has 1 unspecified atom stereocenters. The van der Waals surface area contributed by atoms with Gasteiger partial charge in [0.1, 0.15) is 0 Å². The molecule has 7 heteroatoms. The molecule has 1 atom stereocenters. The summed E-state index contributed by atoms with van der Waals surface area (Å²) in [6.45, 7) is 3.66. The fourth-order valence-electron chi connectivity index (χ4n) is 2.67. The third kappa shape index (κ3) is 5.09. The third-order valence-corrected chi connectivity index (χ3v) is 4.04. The molecule has 1 aromatic carbocycles. The average molecular weight is 350 g/mol. The highest BCUT2D eigenvalue weighted by molar-refractivity contribution is 5.95. The summed E-state index contributed by atoms with van der Waals surface area (Å²) >= 11 is 0. The predicted octanol–water partition coefficient (Wildman–Crippen LogP) is 1.62. The number of hydrogen-bond acceptors (Lipinski definition) is 6. The predicted molar refractivity (Wildman–Crippen MR) is 92.8 cm³/mol. The lowest BCUT2D eigenvalue weighted by molar-refractivity contribution is -0.145. The van der Waals surface area contributed by atoms with Gasteiger partial charge < -0.3 is 24.0 Å². The van der Waals surface area contributed by atoms with Crippen molar-refractivity contribution >= 4 is 11.9 Å². The van der Waals surface area contributed by atoms with Crippen LogP contribution >= 0.6 is 0 Å². The van der Waals surface area contributed by atoms with Gasteiger partial charge in [-0.2, -0.15) is 0 Å². The van der Waals surface area contributed by atoms with Crippen LogP contribution in [0.4, 0.5) is 0 Å². The minimum Gasteiger partial charge on any atom is -0.469 e. The Morgan fingerprint density at radius 1 is 1.20 bits per heavy atom. The third-order valence-electron chi connectivity index (χ3n) is 4.04. The molecule has 0 N–H and O–H groups in total. The Kier molecular flexibility index (Phi) is 6.64. The molecular formula is C18H26N2O5. The number of benzene rings is 1. The van der Waals surface area contributed by atoms with Gasteiger partial charge in [0.2, 0.25) is 6.79 Å². The Labute approximate surface area is 148 Å². The minimum absolute atomic E-state index is 0.132. The van der Waals surface area contributed by atoms with Gasteiger partial charge in [-0.25, -0.2) is 0 Å². The fourth-order valence-corrected chi connectivity index (χ4v) is 2.67. The zero-order valence-electron chi connectivity index (χ0n) is 15.3. The van der Waals surface area contributed by atoms with Crippen LogP contribution in [0.3, 0.4) is 0 Å². The summed E-state index contributed by atoms with van der Waals surface area (Å²) < 4.78 is 15.4. The molecule has 2 rings (SSSR count). The molecule has 0 fully saturated rings. The van der Waals surface area contributed by atoms with Crippen molar-refractivity contribution in [1.29, 1.82) is 0 Å². The van der Waals surface area contributed by atoms with Crippen LogP contribution in [0.25, 0.3) is 0 Å². The maximum Gasteiger partial charge on any atom is 0.310 e. The SMILES string of the molecule is COC(=O)C(C)CN(CCCN(C)C)C(=O)c1ccc2c(c1)OCO2. The van der Waals surface area contributed by atoms with E-state index < -0.39 is 0 Å².